The maximum Gasteiger partial charge on any atom is 0.261 e. The van der Waals surface area contributed by atoms with Gasteiger partial charge in [0.25, 0.3) is 5.91 Å². The first kappa shape index (κ1) is 17.3. The molecule has 6 nitrogen and oxygen atoms in total. The van der Waals surface area contributed by atoms with E-state index in [0.717, 1.165) is 5.56 Å². The third-order valence-electron chi connectivity index (χ3n) is 2.69. The largest absolute Gasteiger partial charge is 0.384 e. The fourth-order valence-corrected chi connectivity index (χ4v) is 1.67. The van der Waals surface area contributed by atoms with Crippen LogP contribution < -0.4 is 11.1 Å². The van der Waals surface area contributed by atoms with E-state index in [2.05, 4.69) is 10.5 Å². The summed E-state index contributed by atoms with van der Waals surface area (Å²) >= 11 is 5.81. The summed E-state index contributed by atoms with van der Waals surface area (Å²) in [5.41, 5.74) is 6.51. The summed E-state index contributed by atoms with van der Waals surface area (Å²) in [6.45, 7) is 2.14. The van der Waals surface area contributed by atoms with Crippen LogP contribution in [0.1, 0.15) is 24.9 Å². The summed E-state index contributed by atoms with van der Waals surface area (Å²) in [5.74, 6) is 0.0103. The molecule has 1 amide bonds. The van der Waals surface area contributed by atoms with E-state index in [1.165, 1.54) is 0 Å². The Morgan fingerprint density at radius 3 is 2.71 bits per heavy atom. The summed E-state index contributed by atoms with van der Waals surface area (Å²) in [6.07, 6.45) is 0.458. The molecule has 1 aromatic carbocycles. The van der Waals surface area contributed by atoms with Crippen molar-refractivity contribution in [2.75, 3.05) is 20.3 Å². The lowest BCUT2D eigenvalue weighted by atomic mass is 10.1. The summed E-state index contributed by atoms with van der Waals surface area (Å²) < 4.78 is 4.84. The van der Waals surface area contributed by atoms with Gasteiger partial charge in [-0.25, -0.2) is 0 Å². The topological polar surface area (TPSA) is 85.9 Å². The van der Waals surface area contributed by atoms with Gasteiger partial charge in [0.05, 0.1) is 12.6 Å². The molecule has 0 aliphatic rings. The minimum atomic E-state index is -0.277. The zero-order valence-electron chi connectivity index (χ0n) is 12.1. The Morgan fingerprint density at radius 2 is 2.10 bits per heavy atom. The molecule has 1 atom stereocenters. The van der Waals surface area contributed by atoms with Gasteiger partial charge in [0.15, 0.2) is 6.61 Å². The molecule has 0 radical (unpaired) electrons. The molecule has 116 valence electrons. The summed E-state index contributed by atoms with van der Waals surface area (Å²) in [5, 5.41) is 7.07. The number of halogens is 1. The third-order valence-corrected chi connectivity index (χ3v) is 2.94. The van der Waals surface area contributed by atoms with Gasteiger partial charge in [-0.15, -0.1) is 0 Å². The van der Waals surface area contributed by atoms with Crippen LogP contribution in [0.2, 0.25) is 5.02 Å². The summed E-state index contributed by atoms with van der Waals surface area (Å²) in [7, 11) is 1.57. The molecule has 7 heteroatoms. The van der Waals surface area contributed by atoms with Crippen molar-refractivity contribution in [1.82, 2.24) is 5.32 Å². The second-order valence-corrected chi connectivity index (χ2v) is 4.88. The van der Waals surface area contributed by atoms with Crippen LogP contribution in [0.5, 0.6) is 0 Å². The van der Waals surface area contributed by atoms with Crippen molar-refractivity contribution in [2.24, 2.45) is 10.9 Å². The average Bonchev–Trinajstić information content (AvgIpc) is 2.45. The van der Waals surface area contributed by atoms with Crippen molar-refractivity contribution in [3.05, 3.63) is 34.9 Å². The number of carbonyl (C=O) groups excluding carboxylic acids is 1. The fourth-order valence-electron chi connectivity index (χ4n) is 1.54. The van der Waals surface area contributed by atoms with Gasteiger partial charge in [-0.2, -0.15) is 0 Å². The predicted octanol–water partition coefficient (Wildman–Crippen LogP) is 1.84. The molecule has 0 heterocycles. The van der Waals surface area contributed by atoms with Crippen molar-refractivity contribution < 1.29 is 14.4 Å². The van der Waals surface area contributed by atoms with E-state index in [0.29, 0.717) is 18.1 Å². The molecule has 0 fully saturated rings. The molecule has 1 aromatic rings. The molecule has 1 rings (SSSR count). The lowest BCUT2D eigenvalue weighted by molar-refractivity contribution is -0.126. The zero-order chi connectivity index (χ0) is 15.7. The van der Waals surface area contributed by atoms with Gasteiger partial charge in [-0.05, 0) is 24.6 Å². The van der Waals surface area contributed by atoms with Crippen molar-refractivity contribution in [2.45, 2.75) is 19.4 Å². The number of nitrogens with one attached hydrogen (secondary N) is 1. The molecule has 0 spiro atoms. The van der Waals surface area contributed by atoms with Gasteiger partial charge in [0.1, 0.15) is 5.84 Å². The second-order valence-electron chi connectivity index (χ2n) is 4.44. The maximum absolute atomic E-state index is 11.7. The van der Waals surface area contributed by atoms with E-state index in [1.54, 1.807) is 19.2 Å². The van der Waals surface area contributed by atoms with Crippen molar-refractivity contribution in [3.63, 3.8) is 0 Å². The number of nitrogens with two attached hydrogens (primary N) is 1. The molecular formula is C14H20ClN3O3. The number of hydrogen-bond donors (Lipinski definition) is 2. The molecule has 0 saturated carbocycles. The highest BCUT2D eigenvalue weighted by atomic mass is 35.5. The Kier molecular flexibility index (Phi) is 7.56. The number of benzene rings is 1. The number of methoxy groups -OCH3 is 1. The Morgan fingerprint density at radius 1 is 1.43 bits per heavy atom. The Balaban J connectivity index is 2.34. The Labute approximate surface area is 129 Å². The van der Waals surface area contributed by atoms with Crippen molar-refractivity contribution in [3.8, 4) is 0 Å². The minimum absolute atomic E-state index is 0.145. The maximum atomic E-state index is 11.7. The van der Waals surface area contributed by atoms with E-state index in [9.17, 15) is 4.79 Å². The number of amides is 1. The van der Waals surface area contributed by atoms with Gasteiger partial charge in [-0.1, -0.05) is 28.9 Å². The van der Waals surface area contributed by atoms with Crippen LogP contribution in [0.4, 0.5) is 0 Å². The third kappa shape index (κ3) is 6.97. The lowest BCUT2D eigenvalue weighted by Crippen LogP contribution is -2.30. The first-order chi connectivity index (χ1) is 10.0. The van der Waals surface area contributed by atoms with E-state index >= 15 is 0 Å². The van der Waals surface area contributed by atoms with Crippen LogP contribution in [-0.2, 0) is 14.4 Å². The summed E-state index contributed by atoms with van der Waals surface area (Å²) in [4.78, 5) is 16.6. The Hall–Kier alpha value is -1.79. The highest BCUT2D eigenvalue weighted by Crippen LogP contribution is 2.15. The molecule has 1 unspecified atom stereocenters. The second kappa shape index (κ2) is 9.20. The summed E-state index contributed by atoms with van der Waals surface area (Å²) in [6, 6.07) is 7.12. The van der Waals surface area contributed by atoms with Crippen molar-refractivity contribution in [1.29, 1.82) is 0 Å². The molecule has 0 aliphatic heterocycles. The number of nitrogens with zero attached hydrogens (tertiary/aromatic N) is 1. The number of hydrogen-bond acceptors (Lipinski definition) is 4. The van der Waals surface area contributed by atoms with Crippen LogP contribution in [-0.4, -0.2) is 32.1 Å². The van der Waals surface area contributed by atoms with E-state index in [-0.39, 0.29) is 24.4 Å². The van der Waals surface area contributed by atoms with Crippen molar-refractivity contribution >= 4 is 23.3 Å². The average molecular weight is 314 g/mol. The van der Waals surface area contributed by atoms with Gasteiger partial charge in [-0.3, -0.25) is 4.79 Å². The number of carbonyl (C=O) groups is 1. The highest BCUT2D eigenvalue weighted by molar-refractivity contribution is 6.30. The van der Waals surface area contributed by atoms with Crippen LogP contribution in [0.15, 0.2) is 29.4 Å². The normalized spacial score (nSPS) is 12.8. The highest BCUT2D eigenvalue weighted by Gasteiger charge is 2.09. The van der Waals surface area contributed by atoms with Crippen LogP contribution in [0.3, 0.4) is 0 Å². The van der Waals surface area contributed by atoms with E-state index < -0.39 is 0 Å². The SMILES string of the molecule is COCC/C(N)=N/OCC(=O)NC(C)c1ccc(Cl)cc1. The fraction of sp³-hybridized carbons (Fsp3) is 0.429. The molecule has 0 aromatic heterocycles. The quantitative estimate of drug-likeness (QED) is 0.435. The first-order valence-electron chi connectivity index (χ1n) is 6.51. The Bertz CT molecular complexity index is 477. The zero-order valence-corrected chi connectivity index (χ0v) is 12.9. The standard InChI is InChI=1S/C14H20ClN3O3/c1-10(11-3-5-12(15)6-4-11)17-14(19)9-21-18-13(16)7-8-20-2/h3-6,10H,7-9H2,1-2H3,(H2,16,18)(H,17,19). The predicted molar refractivity (Wildman–Crippen MR) is 82.1 cm³/mol. The molecular weight excluding hydrogens is 294 g/mol. The minimum Gasteiger partial charge on any atom is -0.384 e. The van der Waals surface area contributed by atoms with Gasteiger partial charge >= 0.3 is 0 Å². The molecule has 21 heavy (non-hydrogen) atoms. The number of oxime groups is 1. The molecule has 3 N–H and O–H groups in total. The van der Waals surface area contributed by atoms with Gasteiger partial charge in [0.2, 0.25) is 0 Å². The molecule has 0 saturated heterocycles. The molecule has 0 bridgehead atoms. The number of ether oxygens (including phenoxy) is 1. The van der Waals surface area contributed by atoms with Gasteiger partial charge < -0.3 is 20.6 Å². The van der Waals surface area contributed by atoms with E-state index in [4.69, 9.17) is 26.9 Å². The van der Waals surface area contributed by atoms with Crippen LogP contribution in [0.25, 0.3) is 0 Å². The first-order valence-corrected chi connectivity index (χ1v) is 6.88. The van der Waals surface area contributed by atoms with Crippen LogP contribution in [0, 0.1) is 0 Å². The lowest BCUT2D eigenvalue weighted by Gasteiger charge is -2.13. The van der Waals surface area contributed by atoms with Crippen LogP contribution >= 0.6 is 11.6 Å². The van der Waals surface area contributed by atoms with E-state index in [1.807, 2.05) is 19.1 Å². The number of rotatable bonds is 8. The van der Waals surface area contributed by atoms with Gasteiger partial charge in [0, 0.05) is 18.6 Å². The smallest absolute Gasteiger partial charge is 0.261 e. The number of amidine groups is 1. The molecule has 0 aliphatic carbocycles. The monoisotopic (exact) mass is 313 g/mol.